The van der Waals surface area contributed by atoms with Gasteiger partial charge < -0.3 is 25.3 Å². The summed E-state index contributed by atoms with van der Waals surface area (Å²) in [6.45, 7) is 0. The zero-order valence-electron chi connectivity index (χ0n) is 11.2. The van der Waals surface area contributed by atoms with Crippen LogP contribution >= 0.6 is 0 Å². The van der Waals surface area contributed by atoms with Crippen molar-refractivity contribution in [1.29, 1.82) is 0 Å². The molecular formula is C13H18N2O4. The smallest absolute Gasteiger partial charge is 0.222 e. The summed E-state index contributed by atoms with van der Waals surface area (Å²) in [5, 5.41) is 2.84. The number of amides is 1. The number of nitrogens with two attached hydrogens (primary N) is 1. The van der Waals surface area contributed by atoms with Gasteiger partial charge in [-0.25, -0.2) is 0 Å². The van der Waals surface area contributed by atoms with E-state index in [0.29, 0.717) is 23.7 Å². The van der Waals surface area contributed by atoms with Gasteiger partial charge in [0.2, 0.25) is 11.7 Å². The molecule has 1 saturated heterocycles. The summed E-state index contributed by atoms with van der Waals surface area (Å²) in [6, 6.07) is 3.12. The Morgan fingerprint density at radius 3 is 2.11 bits per heavy atom. The second kappa shape index (κ2) is 5.36. The van der Waals surface area contributed by atoms with Gasteiger partial charge in [-0.3, -0.25) is 4.79 Å². The summed E-state index contributed by atoms with van der Waals surface area (Å²) >= 11 is 0. The molecular weight excluding hydrogens is 248 g/mol. The van der Waals surface area contributed by atoms with Crippen molar-refractivity contribution in [2.75, 3.05) is 21.3 Å². The molecule has 6 nitrogen and oxygen atoms in total. The van der Waals surface area contributed by atoms with E-state index in [-0.39, 0.29) is 18.0 Å². The minimum atomic E-state index is -0.254. The van der Waals surface area contributed by atoms with Crippen molar-refractivity contribution in [1.82, 2.24) is 5.32 Å². The van der Waals surface area contributed by atoms with Gasteiger partial charge in [-0.1, -0.05) is 0 Å². The van der Waals surface area contributed by atoms with E-state index in [1.807, 2.05) is 0 Å². The zero-order chi connectivity index (χ0) is 14.0. The number of carbonyl (C=O) groups excluding carboxylic acids is 1. The van der Waals surface area contributed by atoms with Gasteiger partial charge in [0.25, 0.3) is 0 Å². The first-order valence-corrected chi connectivity index (χ1v) is 5.95. The van der Waals surface area contributed by atoms with E-state index < -0.39 is 0 Å². The van der Waals surface area contributed by atoms with E-state index in [1.165, 1.54) is 0 Å². The van der Waals surface area contributed by atoms with Crippen molar-refractivity contribution in [2.24, 2.45) is 5.73 Å². The number of rotatable bonds is 4. The summed E-state index contributed by atoms with van der Waals surface area (Å²) in [7, 11) is 4.64. The Bertz CT molecular complexity index is 465. The Morgan fingerprint density at radius 2 is 1.74 bits per heavy atom. The molecule has 6 heteroatoms. The predicted octanol–water partition coefficient (Wildman–Crippen LogP) is 0.601. The molecule has 1 aromatic rings. The van der Waals surface area contributed by atoms with Crippen LogP contribution in [0, 0.1) is 0 Å². The Kier molecular flexibility index (Phi) is 3.80. The van der Waals surface area contributed by atoms with E-state index in [0.717, 1.165) is 5.56 Å². The van der Waals surface area contributed by atoms with Crippen LogP contribution < -0.4 is 25.3 Å². The van der Waals surface area contributed by atoms with Crippen LogP contribution in [0.25, 0.3) is 0 Å². The molecule has 2 rings (SSSR count). The molecule has 19 heavy (non-hydrogen) atoms. The lowest BCUT2D eigenvalue weighted by Crippen LogP contribution is -2.28. The van der Waals surface area contributed by atoms with Gasteiger partial charge in [0.15, 0.2) is 11.5 Å². The Morgan fingerprint density at radius 1 is 1.16 bits per heavy atom. The average molecular weight is 266 g/mol. The highest BCUT2D eigenvalue weighted by Crippen LogP contribution is 2.40. The van der Waals surface area contributed by atoms with Crippen molar-refractivity contribution in [2.45, 2.75) is 18.5 Å². The summed E-state index contributed by atoms with van der Waals surface area (Å²) in [6.07, 6.45) is 0.321. The fourth-order valence-corrected chi connectivity index (χ4v) is 2.28. The fourth-order valence-electron chi connectivity index (χ4n) is 2.28. The van der Waals surface area contributed by atoms with Gasteiger partial charge in [-0.2, -0.15) is 0 Å². The highest BCUT2D eigenvalue weighted by atomic mass is 16.5. The number of carbonyl (C=O) groups is 1. The van der Waals surface area contributed by atoms with Crippen LogP contribution in [0.1, 0.15) is 18.0 Å². The number of hydrogen-bond acceptors (Lipinski definition) is 5. The number of benzene rings is 1. The van der Waals surface area contributed by atoms with Crippen LogP contribution in [0.15, 0.2) is 12.1 Å². The minimum Gasteiger partial charge on any atom is -0.493 e. The molecule has 0 aromatic heterocycles. The first kappa shape index (κ1) is 13.5. The third kappa shape index (κ3) is 2.44. The van der Waals surface area contributed by atoms with E-state index >= 15 is 0 Å². The quantitative estimate of drug-likeness (QED) is 0.834. The van der Waals surface area contributed by atoms with Gasteiger partial charge in [-0.05, 0) is 17.7 Å². The Labute approximate surface area is 111 Å². The molecule has 3 N–H and O–H groups in total. The number of methoxy groups -OCH3 is 3. The lowest BCUT2D eigenvalue weighted by atomic mass is 10.0. The van der Waals surface area contributed by atoms with Crippen LogP contribution in [0.2, 0.25) is 0 Å². The van der Waals surface area contributed by atoms with Crippen molar-refractivity contribution in [3.05, 3.63) is 17.7 Å². The van der Waals surface area contributed by atoms with E-state index in [4.69, 9.17) is 19.9 Å². The van der Waals surface area contributed by atoms with E-state index in [2.05, 4.69) is 5.32 Å². The van der Waals surface area contributed by atoms with Crippen molar-refractivity contribution >= 4 is 5.91 Å². The molecule has 2 atom stereocenters. The molecule has 0 saturated carbocycles. The molecule has 0 spiro atoms. The molecule has 1 aliphatic rings. The van der Waals surface area contributed by atoms with Crippen molar-refractivity contribution < 1.29 is 19.0 Å². The summed E-state index contributed by atoms with van der Waals surface area (Å²) in [5.41, 5.74) is 6.80. The predicted molar refractivity (Wildman–Crippen MR) is 69.6 cm³/mol. The first-order valence-electron chi connectivity index (χ1n) is 5.95. The molecule has 0 radical (unpaired) electrons. The molecule has 104 valence electrons. The monoisotopic (exact) mass is 266 g/mol. The maximum Gasteiger partial charge on any atom is 0.222 e. The number of hydrogen-bond donors (Lipinski definition) is 2. The molecule has 0 bridgehead atoms. The Hall–Kier alpha value is -1.95. The number of ether oxygens (including phenoxy) is 3. The molecule has 2 unspecified atom stereocenters. The van der Waals surface area contributed by atoms with Gasteiger partial charge in [0.1, 0.15) is 0 Å². The van der Waals surface area contributed by atoms with Gasteiger partial charge in [0, 0.05) is 12.5 Å². The molecule has 1 fully saturated rings. The third-order valence-electron chi connectivity index (χ3n) is 3.21. The zero-order valence-corrected chi connectivity index (χ0v) is 11.2. The van der Waals surface area contributed by atoms with Crippen molar-refractivity contribution in [3.63, 3.8) is 0 Å². The van der Waals surface area contributed by atoms with Gasteiger partial charge in [-0.15, -0.1) is 0 Å². The highest BCUT2D eigenvalue weighted by molar-refractivity contribution is 5.80. The van der Waals surface area contributed by atoms with Gasteiger partial charge in [0.05, 0.1) is 27.4 Å². The maximum atomic E-state index is 11.4. The van der Waals surface area contributed by atoms with Crippen LogP contribution in [-0.2, 0) is 4.79 Å². The molecule has 1 heterocycles. The van der Waals surface area contributed by atoms with E-state index in [9.17, 15) is 4.79 Å². The van der Waals surface area contributed by atoms with Crippen LogP contribution in [0.3, 0.4) is 0 Å². The Balaban J connectivity index is 2.44. The van der Waals surface area contributed by atoms with Crippen LogP contribution in [-0.4, -0.2) is 33.3 Å². The second-order valence-corrected chi connectivity index (χ2v) is 4.37. The maximum absolute atomic E-state index is 11.4. The molecule has 1 amide bonds. The SMILES string of the molecule is COc1cc(C2NC(=O)CC2N)cc(OC)c1OC. The highest BCUT2D eigenvalue weighted by Gasteiger charge is 2.32. The number of nitrogens with one attached hydrogen (secondary N) is 1. The average Bonchev–Trinajstić information content (AvgIpc) is 2.75. The first-order chi connectivity index (χ1) is 9.10. The summed E-state index contributed by atoms with van der Waals surface area (Å²) in [5.74, 6) is 1.56. The largest absolute Gasteiger partial charge is 0.493 e. The second-order valence-electron chi connectivity index (χ2n) is 4.37. The topological polar surface area (TPSA) is 82.8 Å². The fraction of sp³-hybridized carbons (Fsp3) is 0.462. The normalized spacial score (nSPS) is 22.0. The summed E-state index contributed by atoms with van der Waals surface area (Å²) < 4.78 is 15.8. The lowest BCUT2D eigenvalue weighted by molar-refractivity contribution is -0.119. The van der Waals surface area contributed by atoms with Crippen molar-refractivity contribution in [3.8, 4) is 17.2 Å². The third-order valence-corrected chi connectivity index (χ3v) is 3.21. The summed E-state index contributed by atoms with van der Waals surface area (Å²) in [4.78, 5) is 11.4. The van der Waals surface area contributed by atoms with Gasteiger partial charge >= 0.3 is 0 Å². The molecule has 1 aromatic carbocycles. The standard InChI is InChI=1S/C13H18N2O4/c1-17-9-4-7(5-10(18-2)13(9)19-3)12-8(14)6-11(16)15-12/h4-5,8,12H,6,14H2,1-3H3,(H,15,16). The van der Waals surface area contributed by atoms with E-state index in [1.54, 1.807) is 33.5 Å². The lowest BCUT2D eigenvalue weighted by Gasteiger charge is -2.19. The molecule has 0 aliphatic carbocycles. The molecule has 1 aliphatic heterocycles. The minimum absolute atomic E-state index is 0.0498. The van der Waals surface area contributed by atoms with Crippen LogP contribution in [0.4, 0.5) is 0 Å². The van der Waals surface area contributed by atoms with Crippen LogP contribution in [0.5, 0.6) is 17.2 Å².